The first kappa shape index (κ1) is 10.7. The van der Waals surface area contributed by atoms with Gasteiger partial charge in [-0.2, -0.15) is 5.26 Å². The number of benzene rings is 1. The second kappa shape index (κ2) is 3.81. The van der Waals surface area contributed by atoms with E-state index in [1.54, 1.807) is 0 Å². The van der Waals surface area contributed by atoms with Crippen LogP contribution < -0.4 is 5.73 Å². The molecule has 1 aliphatic carbocycles. The van der Waals surface area contributed by atoms with Gasteiger partial charge in [0.05, 0.1) is 11.6 Å². The van der Waals surface area contributed by atoms with E-state index in [0.29, 0.717) is 5.56 Å². The second-order valence-corrected chi connectivity index (χ2v) is 4.55. The van der Waals surface area contributed by atoms with Crippen molar-refractivity contribution in [3.63, 3.8) is 0 Å². The zero-order chi connectivity index (χ0) is 12.6. The van der Waals surface area contributed by atoms with E-state index in [0.717, 1.165) is 18.7 Å². The Morgan fingerprint density at radius 1 is 1.22 bits per heavy atom. The van der Waals surface area contributed by atoms with Crippen molar-refractivity contribution in [3.8, 4) is 6.07 Å². The molecule has 0 aliphatic heterocycles. The fourth-order valence-electron chi connectivity index (χ4n) is 2.24. The normalized spacial score (nSPS) is 15.9. The molecule has 2 aromatic rings. The highest BCUT2D eigenvalue weighted by Crippen LogP contribution is 2.52. The number of nitrogens with two attached hydrogens (primary N) is 1. The quantitative estimate of drug-likeness (QED) is 0.865. The summed E-state index contributed by atoms with van der Waals surface area (Å²) in [7, 11) is 0. The summed E-state index contributed by atoms with van der Waals surface area (Å²) in [5, 5.41) is 8.83. The summed E-state index contributed by atoms with van der Waals surface area (Å²) in [6.45, 7) is 0. The minimum Gasteiger partial charge on any atom is -0.382 e. The predicted octanol–water partition coefficient (Wildman–Crippen LogP) is 2.01. The molecule has 1 saturated carbocycles. The minimum atomic E-state index is -0.0939. The highest BCUT2D eigenvalue weighted by molar-refractivity contribution is 5.49. The Morgan fingerprint density at radius 3 is 2.50 bits per heavy atom. The molecule has 0 unspecified atom stereocenters. The van der Waals surface area contributed by atoms with Crippen LogP contribution in [0.5, 0.6) is 0 Å². The number of anilines is 1. The lowest BCUT2D eigenvalue weighted by atomic mass is 9.95. The largest absolute Gasteiger partial charge is 0.382 e. The fraction of sp³-hybridized carbons (Fsp3) is 0.214. The van der Waals surface area contributed by atoms with E-state index in [2.05, 4.69) is 22.1 Å². The molecule has 0 spiro atoms. The Hall–Kier alpha value is -2.41. The maximum Gasteiger partial charge on any atom is 0.145 e. The second-order valence-electron chi connectivity index (χ2n) is 4.55. The first-order valence-corrected chi connectivity index (χ1v) is 5.85. The Morgan fingerprint density at radius 2 is 1.94 bits per heavy atom. The van der Waals surface area contributed by atoms with E-state index in [1.807, 2.05) is 24.3 Å². The minimum absolute atomic E-state index is 0.0939. The average molecular weight is 236 g/mol. The summed E-state index contributed by atoms with van der Waals surface area (Å²) in [5.74, 6) is 0.995. The molecule has 2 N–H and O–H groups in total. The predicted molar refractivity (Wildman–Crippen MR) is 67.6 cm³/mol. The Balaban J connectivity index is 2.06. The van der Waals surface area contributed by atoms with Crippen LogP contribution in [-0.2, 0) is 5.41 Å². The van der Waals surface area contributed by atoms with Gasteiger partial charge < -0.3 is 5.73 Å². The van der Waals surface area contributed by atoms with Gasteiger partial charge in [0, 0.05) is 0 Å². The molecule has 4 nitrogen and oxygen atoms in total. The van der Waals surface area contributed by atoms with Gasteiger partial charge in [0.15, 0.2) is 0 Å². The number of nitrogens with zero attached hydrogens (tertiary/aromatic N) is 3. The maximum atomic E-state index is 8.83. The van der Waals surface area contributed by atoms with Gasteiger partial charge in [-0.05, 0) is 18.4 Å². The van der Waals surface area contributed by atoms with Crippen LogP contribution in [0, 0.1) is 11.3 Å². The molecule has 88 valence electrons. The highest BCUT2D eigenvalue weighted by atomic mass is 15.0. The van der Waals surface area contributed by atoms with Gasteiger partial charge in [-0.1, -0.05) is 30.3 Å². The summed E-state index contributed by atoms with van der Waals surface area (Å²) in [6.07, 6.45) is 3.57. The van der Waals surface area contributed by atoms with E-state index in [9.17, 15) is 0 Å². The van der Waals surface area contributed by atoms with E-state index >= 15 is 0 Å². The highest BCUT2D eigenvalue weighted by Gasteiger charge is 2.48. The van der Waals surface area contributed by atoms with Crippen LogP contribution in [-0.4, -0.2) is 9.97 Å². The van der Waals surface area contributed by atoms with E-state index in [-0.39, 0.29) is 11.2 Å². The third kappa shape index (κ3) is 1.52. The third-order valence-corrected chi connectivity index (χ3v) is 3.44. The van der Waals surface area contributed by atoms with Gasteiger partial charge in [-0.3, -0.25) is 0 Å². The van der Waals surface area contributed by atoms with E-state index in [4.69, 9.17) is 11.0 Å². The molecule has 0 bridgehead atoms. The third-order valence-electron chi connectivity index (χ3n) is 3.44. The van der Waals surface area contributed by atoms with Crippen LogP contribution in [0.4, 0.5) is 5.82 Å². The van der Waals surface area contributed by atoms with Gasteiger partial charge in [-0.15, -0.1) is 0 Å². The van der Waals surface area contributed by atoms with Crippen LogP contribution >= 0.6 is 0 Å². The van der Waals surface area contributed by atoms with Crippen molar-refractivity contribution in [2.24, 2.45) is 0 Å². The number of nitrogen functional groups attached to an aromatic ring is 1. The first-order valence-electron chi connectivity index (χ1n) is 5.85. The van der Waals surface area contributed by atoms with Crippen LogP contribution in [0.15, 0.2) is 36.5 Å². The summed E-state index contributed by atoms with van der Waals surface area (Å²) < 4.78 is 0. The van der Waals surface area contributed by atoms with Crippen molar-refractivity contribution in [1.82, 2.24) is 9.97 Å². The molecule has 0 saturated heterocycles. The van der Waals surface area contributed by atoms with E-state index < -0.39 is 0 Å². The summed E-state index contributed by atoms with van der Waals surface area (Å²) >= 11 is 0. The molecule has 3 rings (SSSR count). The Labute approximate surface area is 105 Å². The molecule has 0 atom stereocenters. The van der Waals surface area contributed by atoms with Crippen molar-refractivity contribution < 1.29 is 0 Å². The van der Waals surface area contributed by atoms with Gasteiger partial charge in [-0.25, -0.2) is 9.97 Å². The standard InChI is InChI=1S/C14H12N4/c15-8-10-9-17-13(18-12(10)16)14(6-7-14)11-4-2-1-3-5-11/h1-5,9H,6-7H2,(H2,16,17,18). The lowest BCUT2D eigenvalue weighted by molar-refractivity contribution is 0.756. The molecule has 1 aromatic heterocycles. The molecule has 18 heavy (non-hydrogen) atoms. The number of rotatable bonds is 2. The van der Waals surface area contributed by atoms with Gasteiger partial charge >= 0.3 is 0 Å². The van der Waals surface area contributed by atoms with Crippen LogP contribution in [0.1, 0.15) is 29.8 Å². The number of hydrogen-bond acceptors (Lipinski definition) is 4. The zero-order valence-electron chi connectivity index (χ0n) is 9.80. The smallest absolute Gasteiger partial charge is 0.145 e. The first-order chi connectivity index (χ1) is 8.76. The molecule has 1 fully saturated rings. The van der Waals surface area contributed by atoms with Crippen molar-refractivity contribution in [1.29, 1.82) is 5.26 Å². The topological polar surface area (TPSA) is 75.6 Å². The number of aromatic nitrogens is 2. The molecule has 4 heteroatoms. The molecule has 1 aromatic carbocycles. The molecule has 1 heterocycles. The van der Waals surface area contributed by atoms with Crippen LogP contribution in [0.3, 0.4) is 0 Å². The molecule has 0 radical (unpaired) electrons. The van der Waals surface area contributed by atoms with Gasteiger partial charge in [0.2, 0.25) is 0 Å². The molecular weight excluding hydrogens is 224 g/mol. The van der Waals surface area contributed by atoms with E-state index in [1.165, 1.54) is 11.8 Å². The molecule has 0 amide bonds. The fourth-order valence-corrected chi connectivity index (χ4v) is 2.24. The summed E-state index contributed by atoms with van der Waals surface area (Å²) in [4.78, 5) is 8.61. The summed E-state index contributed by atoms with van der Waals surface area (Å²) in [5.41, 5.74) is 7.22. The molecular formula is C14H12N4. The van der Waals surface area contributed by atoms with Crippen LogP contribution in [0.25, 0.3) is 0 Å². The van der Waals surface area contributed by atoms with Gasteiger partial charge in [0.25, 0.3) is 0 Å². The van der Waals surface area contributed by atoms with Crippen molar-refractivity contribution in [2.45, 2.75) is 18.3 Å². The molecule has 1 aliphatic rings. The number of hydrogen-bond donors (Lipinski definition) is 1. The lowest BCUT2D eigenvalue weighted by Gasteiger charge is -2.14. The van der Waals surface area contributed by atoms with Crippen LogP contribution in [0.2, 0.25) is 0 Å². The van der Waals surface area contributed by atoms with Gasteiger partial charge in [0.1, 0.15) is 23.3 Å². The van der Waals surface area contributed by atoms with Crippen molar-refractivity contribution >= 4 is 5.82 Å². The maximum absolute atomic E-state index is 8.83. The average Bonchev–Trinajstić information content (AvgIpc) is 3.21. The van der Waals surface area contributed by atoms with Crippen molar-refractivity contribution in [3.05, 3.63) is 53.5 Å². The Bertz CT molecular complexity index is 624. The SMILES string of the molecule is N#Cc1cnc(C2(c3ccccc3)CC2)nc1N. The summed E-state index contributed by atoms with van der Waals surface area (Å²) in [6, 6.07) is 12.2. The monoisotopic (exact) mass is 236 g/mol. The van der Waals surface area contributed by atoms with Crippen molar-refractivity contribution in [2.75, 3.05) is 5.73 Å². The Kier molecular flexibility index (Phi) is 2.27. The zero-order valence-corrected chi connectivity index (χ0v) is 9.80. The number of nitriles is 1. The lowest BCUT2D eigenvalue weighted by Crippen LogP contribution is -2.14.